The van der Waals surface area contributed by atoms with E-state index in [4.69, 9.17) is 32.5 Å². The van der Waals surface area contributed by atoms with Crippen LogP contribution >= 0.6 is 0 Å². The molecule has 0 aromatic rings. The molecular formula is C4H13N3O3. The van der Waals surface area contributed by atoms with Crippen LogP contribution in [-0.4, -0.2) is 34.0 Å². The number of hydrogen-bond donors (Lipinski definition) is 6. The van der Waals surface area contributed by atoms with Crippen LogP contribution in [0.2, 0.25) is 0 Å². The fourth-order valence-electron chi connectivity index (χ4n) is 0.606. The number of aliphatic hydroxyl groups is 3. The zero-order chi connectivity index (χ0) is 8.31. The van der Waals surface area contributed by atoms with Crippen molar-refractivity contribution in [3.8, 4) is 0 Å². The first-order valence-electron chi connectivity index (χ1n) is 2.77. The standard InChI is InChI=1S/C4H13N3O3/c5-2(8)1(3(6)9)4(7)10/h1-4,8-10H,5-7H2. The molecule has 0 rings (SSSR count). The van der Waals surface area contributed by atoms with Gasteiger partial charge in [-0.25, -0.2) is 0 Å². The van der Waals surface area contributed by atoms with Crippen molar-refractivity contribution in [1.82, 2.24) is 0 Å². The second kappa shape index (κ2) is 3.81. The minimum absolute atomic E-state index is 1.11. The first kappa shape index (κ1) is 9.76. The third-order valence-corrected chi connectivity index (χ3v) is 1.18. The van der Waals surface area contributed by atoms with Crippen LogP contribution in [0.1, 0.15) is 0 Å². The molecule has 3 unspecified atom stereocenters. The first-order valence-corrected chi connectivity index (χ1v) is 2.77. The average molecular weight is 151 g/mol. The van der Waals surface area contributed by atoms with Crippen LogP contribution < -0.4 is 17.2 Å². The average Bonchev–Trinajstić information content (AvgIpc) is 1.59. The molecule has 0 aliphatic carbocycles. The third kappa shape index (κ3) is 2.56. The SMILES string of the molecule is NC(O)C(C(N)O)C(N)O. The molecule has 3 atom stereocenters. The van der Waals surface area contributed by atoms with Crippen LogP contribution in [0.5, 0.6) is 0 Å². The topological polar surface area (TPSA) is 139 Å². The molecule has 0 amide bonds. The van der Waals surface area contributed by atoms with Gasteiger partial charge in [0.25, 0.3) is 0 Å². The van der Waals surface area contributed by atoms with Crippen molar-refractivity contribution in [2.24, 2.45) is 23.1 Å². The molecule has 0 aliphatic heterocycles. The van der Waals surface area contributed by atoms with Crippen LogP contribution in [0.25, 0.3) is 0 Å². The lowest BCUT2D eigenvalue weighted by molar-refractivity contribution is -0.0496. The Labute approximate surface area is 58.2 Å². The zero-order valence-electron chi connectivity index (χ0n) is 5.38. The van der Waals surface area contributed by atoms with E-state index in [0.29, 0.717) is 0 Å². The highest BCUT2D eigenvalue weighted by molar-refractivity contribution is 4.72. The normalized spacial score (nSPS) is 23.4. The van der Waals surface area contributed by atoms with Gasteiger partial charge in [-0.05, 0) is 0 Å². The second-order valence-electron chi connectivity index (χ2n) is 2.05. The van der Waals surface area contributed by atoms with Crippen LogP contribution in [0.4, 0.5) is 0 Å². The molecule has 0 radical (unpaired) electrons. The van der Waals surface area contributed by atoms with Crippen molar-refractivity contribution >= 4 is 0 Å². The van der Waals surface area contributed by atoms with E-state index >= 15 is 0 Å². The van der Waals surface area contributed by atoms with E-state index in [1.54, 1.807) is 0 Å². The van der Waals surface area contributed by atoms with Crippen molar-refractivity contribution in [3.05, 3.63) is 0 Å². The van der Waals surface area contributed by atoms with E-state index in [1.165, 1.54) is 0 Å². The molecule has 0 heterocycles. The van der Waals surface area contributed by atoms with E-state index in [2.05, 4.69) is 0 Å². The number of aliphatic hydroxyl groups excluding tert-OH is 3. The minimum atomic E-state index is -1.42. The van der Waals surface area contributed by atoms with Gasteiger partial charge in [-0.2, -0.15) is 0 Å². The maximum Gasteiger partial charge on any atom is 0.112 e. The van der Waals surface area contributed by atoms with Crippen molar-refractivity contribution in [2.45, 2.75) is 18.7 Å². The Morgan fingerprint density at radius 2 is 0.900 bits per heavy atom. The van der Waals surface area contributed by atoms with Crippen molar-refractivity contribution in [2.75, 3.05) is 0 Å². The zero-order valence-corrected chi connectivity index (χ0v) is 5.38. The molecule has 0 saturated carbocycles. The number of hydrogen-bond acceptors (Lipinski definition) is 6. The summed E-state index contributed by atoms with van der Waals surface area (Å²) in [7, 11) is 0. The molecule has 10 heavy (non-hydrogen) atoms. The van der Waals surface area contributed by atoms with E-state index in [9.17, 15) is 0 Å². The Hall–Kier alpha value is -0.240. The lowest BCUT2D eigenvalue weighted by Gasteiger charge is -2.24. The van der Waals surface area contributed by atoms with Gasteiger partial charge in [0, 0.05) is 0 Å². The summed E-state index contributed by atoms with van der Waals surface area (Å²) in [6, 6.07) is 0. The van der Waals surface area contributed by atoms with Gasteiger partial charge in [-0.1, -0.05) is 0 Å². The van der Waals surface area contributed by atoms with Gasteiger partial charge in [0.2, 0.25) is 0 Å². The van der Waals surface area contributed by atoms with Gasteiger partial charge in [-0.3, -0.25) is 0 Å². The Balaban J connectivity index is 3.98. The van der Waals surface area contributed by atoms with Crippen LogP contribution in [-0.2, 0) is 0 Å². The molecule has 0 saturated heterocycles. The summed E-state index contributed by atoms with van der Waals surface area (Å²) in [6.45, 7) is 0. The molecule has 0 aliphatic rings. The molecule has 62 valence electrons. The van der Waals surface area contributed by atoms with Gasteiger partial charge >= 0.3 is 0 Å². The first-order chi connectivity index (χ1) is 4.46. The molecular weight excluding hydrogens is 138 g/mol. The summed E-state index contributed by atoms with van der Waals surface area (Å²) in [6.07, 6.45) is -4.25. The molecule has 0 fully saturated rings. The Bertz CT molecular complexity index is 76.7. The molecule has 0 aromatic carbocycles. The quantitative estimate of drug-likeness (QED) is 0.231. The molecule has 0 spiro atoms. The van der Waals surface area contributed by atoms with E-state index in [1.807, 2.05) is 0 Å². The summed E-state index contributed by atoms with van der Waals surface area (Å²) in [5, 5.41) is 26.0. The highest BCUT2D eigenvalue weighted by atomic mass is 16.3. The summed E-state index contributed by atoms with van der Waals surface area (Å²) in [4.78, 5) is 0. The van der Waals surface area contributed by atoms with Gasteiger partial charge in [0.1, 0.15) is 18.7 Å². The summed E-state index contributed by atoms with van der Waals surface area (Å²) in [5.41, 5.74) is 14.7. The van der Waals surface area contributed by atoms with Crippen molar-refractivity contribution < 1.29 is 15.3 Å². The molecule has 6 heteroatoms. The van der Waals surface area contributed by atoms with Crippen molar-refractivity contribution in [1.29, 1.82) is 0 Å². The van der Waals surface area contributed by atoms with Crippen LogP contribution in [0.3, 0.4) is 0 Å². The van der Waals surface area contributed by atoms with E-state index in [0.717, 1.165) is 0 Å². The predicted octanol–water partition coefficient (Wildman–Crippen LogP) is -3.57. The smallest absolute Gasteiger partial charge is 0.112 e. The van der Waals surface area contributed by atoms with Gasteiger partial charge in [0.15, 0.2) is 0 Å². The lowest BCUT2D eigenvalue weighted by Crippen LogP contribution is -2.51. The maximum atomic E-state index is 8.65. The largest absolute Gasteiger partial charge is 0.378 e. The number of nitrogens with two attached hydrogens (primary N) is 3. The Morgan fingerprint density at radius 3 is 0.900 bits per heavy atom. The van der Waals surface area contributed by atoms with Gasteiger partial charge in [0.05, 0.1) is 5.92 Å². The Morgan fingerprint density at radius 1 is 0.700 bits per heavy atom. The molecule has 0 aromatic heterocycles. The van der Waals surface area contributed by atoms with Gasteiger partial charge < -0.3 is 32.5 Å². The monoisotopic (exact) mass is 151 g/mol. The maximum absolute atomic E-state index is 8.65. The van der Waals surface area contributed by atoms with E-state index < -0.39 is 24.6 Å². The molecule has 6 nitrogen and oxygen atoms in total. The lowest BCUT2D eigenvalue weighted by atomic mass is 10.1. The van der Waals surface area contributed by atoms with E-state index in [-0.39, 0.29) is 0 Å². The Kier molecular flexibility index (Phi) is 3.72. The highest BCUT2D eigenvalue weighted by Crippen LogP contribution is 2.04. The number of rotatable bonds is 3. The van der Waals surface area contributed by atoms with Crippen LogP contribution in [0, 0.1) is 5.92 Å². The third-order valence-electron chi connectivity index (χ3n) is 1.18. The molecule has 0 bridgehead atoms. The fourth-order valence-corrected chi connectivity index (χ4v) is 0.606. The summed E-state index contributed by atoms with van der Waals surface area (Å²) in [5.74, 6) is -1.11. The van der Waals surface area contributed by atoms with Crippen molar-refractivity contribution in [3.63, 3.8) is 0 Å². The predicted molar refractivity (Wildman–Crippen MR) is 34.1 cm³/mol. The molecule has 9 N–H and O–H groups in total. The summed E-state index contributed by atoms with van der Waals surface area (Å²) >= 11 is 0. The fraction of sp³-hybridized carbons (Fsp3) is 1.00. The summed E-state index contributed by atoms with van der Waals surface area (Å²) < 4.78 is 0. The van der Waals surface area contributed by atoms with Crippen LogP contribution in [0.15, 0.2) is 0 Å². The highest BCUT2D eigenvalue weighted by Gasteiger charge is 2.26. The van der Waals surface area contributed by atoms with Gasteiger partial charge in [-0.15, -0.1) is 0 Å². The second-order valence-corrected chi connectivity index (χ2v) is 2.05. The minimum Gasteiger partial charge on any atom is -0.378 e.